The smallest absolute Gasteiger partial charge is 0.388 e. The average molecular weight is 497 g/mol. The van der Waals surface area contributed by atoms with Crippen molar-refractivity contribution in [2.75, 3.05) is 54.1 Å². The van der Waals surface area contributed by atoms with Gasteiger partial charge in [0, 0.05) is 13.0 Å². The first-order valence-corrected chi connectivity index (χ1v) is 14.8. The molecule has 33 heavy (non-hydrogen) atoms. The van der Waals surface area contributed by atoms with E-state index < -0.39 is 13.9 Å². The Labute approximate surface area is 204 Å². The Kier molecular flexibility index (Phi) is 21.3. The summed E-state index contributed by atoms with van der Waals surface area (Å²) in [6.45, 7) is 3.65. The third-order valence-corrected chi connectivity index (χ3v) is 6.59. The van der Waals surface area contributed by atoms with Gasteiger partial charge in [0.25, 0.3) is 0 Å². The summed E-state index contributed by atoms with van der Waals surface area (Å²) in [6, 6.07) is 0. The van der Waals surface area contributed by atoms with Gasteiger partial charge >= 0.3 is 7.82 Å². The second-order valence-corrected chi connectivity index (χ2v) is 11.7. The highest BCUT2D eigenvalue weighted by Gasteiger charge is 2.23. The lowest BCUT2D eigenvalue weighted by Crippen LogP contribution is -2.35. The highest BCUT2D eigenvalue weighted by Crippen LogP contribution is 2.43. The highest BCUT2D eigenvalue weighted by atomic mass is 31.2. The predicted molar refractivity (Wildman–Crippen MR) is 136 cm³/mol. The van der Waals surface area contributed by atoms with Gasteiger partial charge in [-0.05, 0) is 6.42 Å². The van der Waals surface area contributed by atoms with Gasteiger partial charge in [0.15, 0.2) is 0 Å². The summed E-state index contributed by atoms with van der Waals surface area (Å²) in [6.07, 6.45) is 18.1. The van der Waals surface area contributed by atoms with Crippen LogP contribution in [-0.4, -0.2) is 74.7 Å². The molecular formula is C25H55NO6P+. The molecule has 0 heterocycles. The number of phosphoric ester groups is 1. The van der Waals surface area contributed by atoms with Gasteiger partial charge in [0.2, 0.25) is 0 Å². The van der Waals surface area contributed by atoms with Crippen molar-refractivity contribution in [1.82, 2.24) is 0 Å². The molecule has 0 radical (unpaired) electrons. The first-order chi connectivity index (χ1) is 15.7. The first-order valence-electron chi connectivity index (χ1n) is 13.3. The molecular weight excluding hydrogens is 441 g/mol. The average Bonchev–Trinajstić information content (AvgIpc) is 2.74. The Morgan fingerprint density at radius 1 is 0.697 bits per heavy atom. The van der Waals surface area contributed by atoms with Gasteiger partial charge < -0.3 is 19.2 Å². The van der Waals surface area contributed by atoms with Gasteiger partial charge in [-0.2, -0.15) is 0 Å². The molecule has 2 atom stereocenters. The fourth-order valence-corrected chi connectivity index (χ4v) is 4.40. The van der Waals surface area contributed by atoms with Crippen molar-refractivity contribution in [2.24, 2.45) is 0 Å². The molecule has 0 rings (SSSR count). The van der Waals surface area contributed by atoms with Crippen LogP contribution in [0.3, 0.4) is 0 Å². The van der Waals surface area contributed by atoms with E-state index in [1.165, 1.54) is 77.0 Å². The van der Waals surface area contributed by atoms with Crippen LogP contribution >= 0.6 is 7.82 Å². The molecule has 0 saturated heterocycles. The highest BCUT2D eigenvalue weighted by molar-refractivity contribution is 7.47. The number of quaternary nitrogens is 1. The second kappa shape index (κ2) is 21.3. The van der Waals surface area contributed by atoms with E-state index in [4.69, 9.17) is 13.8 Å². The largest absolute Gasteiger partial charge is 0.472 e. The van der Waals surface area contributed by atoms with E-state index in [1.807, 2.05) is 21.1 Å². The fourth-order valence-electron chi connectivity index (χ4n) is 3.60. The van der Waals surface area contributed by atoms with Crippen molar-refractivity contribution in [3.05, 3.63) is 0 Å². The molecule has 2 unspecified atom stereocenters. The predicted octanol–water partition coefficient (Wildman–Crippen LogP) is 6.08. The molecule has 0 amide bonds. The Balaban J connectivity index is 3.41. The normalized spacial score (nSPS) is 15.0. The molecule has 0 aliphatic rings. The number of aliphatic hydroxyl groups is 1. The zero-order valence-electron chi connectivity index (χ0n) is 22.1. The molecule has 7 nitrogen and oxygen atoms in total. The van der Waals surface area contributed by atoms with E-state index in [9.17, 15) is 14.6 Å². The number of rotatable bonds is 25. The zero-order valence-corrected chi connectivity index (χ0v) is 23.0. The lowest BCUT2D eigenvalue weighted by Gasteiger charge is -2.23. The maximum Gasteiger partial charge on any atom is 0.472 e. The first kappa shape index (κ1) is 33.0. The van der Waals surface area contributed by atoms with E-state index in [0.717, 1.165) is 23.9 Å². The lowest BCUT2D eigenvalue weighted by molar-refractivity contribution is -0.870. The van der Waals surface area contributed by atoms with Crippen molar-refractivity contribution < 1.29 is 32.8 Å². The number of nitrogens with zero attached hydrogens (tertiary/aromatic N) is 1. The van der Waals surface area contributed by atoms with E-state index in [2.05, 4.69) is 6.92 Å². The molecule has 8 heteroatoms. The maximum atomic E-state index is 11.8. The summed E-state index contributed by atoms with van der Waals surface area (Å²) >= 11 is 0. The van der Waals surface area contributed by atoms with Gasteiger partial charge in [-0.15, -0.1) is 0 Å². The summed E-state index contributed by atoms with van der Waals surface area (Å²) in [5, 5.41) is 9.87. The van der Waals surface area contributed by atoms with Crippen LogP contribution in [0.2, 0.25) is 0 Å². The summed E-state index contributed by atoms with van der Waals surface area (Å²) in [7, 11) is 2.01. The SMILES string of the molecule is CCCCCCCCCCCCCCCCOCC(O)COP(=O)(O)OCCC[N+](C)(C)C. The Bertz CT molecular complexity index is 472. The molecule has 0 aromatic rings. The number of ether oxygens (including phenoxy) is 1. The minimum Gasteiger partial charge on any atom is -0.388 e. The zero-order chi connectivity index (χ0) is 24.8. The van der Waals surface area contributed by atoms with Crippen molar-refractivity contribution in [3.63, 3.8) is 0 Å². The third-order valence-electron chi connectivity index (χ3n) is 5.61. The van der Waals surface area contributed by atoms with Crippen molar-refractivity contribution in [2.45, 2.75) is 109 Å². The molecule has 0 aliphatic heterocycles. The molecule has 0 aromatic carbocycles. The molecule has 2 N–H and O–H groups in total. The minimum absolute atomic E-state index is 0.0972. The van der Waals surface area contributed by atoms with Crippen molar-refractivity contribution >= 4 is 7.82 Å². The summed E-state index contributed by atoms with van der Waals surface area (Å²) < 4.78 is 27.8. The quantitative estimate of drug-likeness (QED) is 0.0906. The van der Waals surface area contributed by atoms with Gasteiger partial charge in [-0.3, -0.25) is 9.05 Å². The summed E-state index contributed by atoms with van der Waals surface area (Å²) in [5.41, 5.74) is 0. The van der Waals surface area contributed by atoms with Gasteiger partial charge in [-0.25, -0.2) is 4.57 Å². The molecule has 0 saturated carbocycles. The van der Waals surface area contributed by atoms with Crippen LogP contribution in [-0.2, 0) is 18.3 Å². The number of unbranched alkanes of at least 4 members (excludes halogenated alkanes) is 13. The van der Waals surface area contributed by atoms with E-state index in [-0.39, 0.29) is 19.8 Å². The standard InChI is InChI=1S/C25H54NO6P/c1-5-6-7-8-9-10-11-12-13-14-15-16-17-18-21-30-23-25(27)24-32-33(28,29)31-22-19-20-26(2,3)4/h25,27H,5-24H2,1-4H3/p+1. The van der Waals surface area contributed by atoms with Crippen molar-refractivity contribution in [3.8, 4) is 0 Å². The summed E-state index contributed by atoms with van der Waals surface area (Å²) in [4.78, 5) is 9.66. The number of hydrogen-bond donors (Lipinski definition) is 2. The molecule has 0 spiro atoms. The Hall–Kier alpha value is -0.0100. The summed E-state index contributed by atoms with van der Waals surface area (Å²) in [5.74, 6) is 0. The van der Waals surface area contributed by atoms with Crippen LogP contribution in [0.5, 0.6) is 0 Å². The van der Waals surface area contributed by atoms with Crippen LogP contribution in [0.1, 0.15) is 103 Å². The topological polar surface area (TPSA) is 85.2 Å². The maximum absolute atomic E-state index is 11.8. The molecule has 0 fully saturated rings. The van der Waals surface area contributed by atoms with Crippen LogP contribution in [0.15, 0.2) is 0 Å². The molecule has 0 bridgehead atoms. The lowest BCUT2D eigenvalue weighted by atomic mass is 10.0. The minimum atomic E-state index is -4.13. The molecule has 0 aromatic heterocycles. The number of phosphoric acid groups is 1. The Morgan fingerprint density at radius 3 is 1.67 bits per heavy atom. The van der Waals surface area contributed by atoms with E-state index >= 15 is 0 Å². The Morgan fingerprint density at radius 2 is 1.18 bits per heavy atom. The van der Waals surface area contributed by atoms with E-state index in [0.29, 0.717) is 13.0 Å². The molecule has 200 valence electrons. The molecule has 0 aliphatic carbocycles. The van der Waals surface area contributed by atoms with Gasteiger partial charge in [-0.1, -0.05) is 90.4 Å². The second-order valence-electron chi connectivity index (χ2n) is 10.3. The fraction of sp³-hybridized carbons (Fsp3) is 1.00. The number of aliphatic hydroxyl groups excluding tert-OH is 1. The van der Waals surface area contributed by atoms with Gasteiger partial charge in [0.05, 0.1) is 47.5 Å². The third kappa shape index (κ3) is 26.4. The van der Waals surface area contributed by atoms with Crippen LogP contribution in [0.4, 0.5) is 0 Å². The van der Waals surface area contributed by atoms with Crippen LogP contribution in [0, 0.1) is 0 Å². The van der Waals surface area contributed by atoms with Crippen molar-refractivity contribution in [1.29, 1.82) is 0 Å². The van der Waals surface area contributed by atoms with Crippen LogP contribution in [0.25, 0.3) is 0 Å². The van der Waals surface area contributed by atoms with Gasteiger partial charge in [0.1, 0.15) is 6.10 Å². The monoisotopic (exact) mass is 496 g/mol. The van der Waals surface area contributed by atoms with E-state index in [1.54, 1.807) is 0 Å². The van der Waals surface area contributed by atoms with Crippen LogP contribution < -0.4 is 0 Å². The number of hydrogen-bond acceptors (Lipinski definition) is 5.